The molecule has 0 unspecified atom stereocenters. The predicted octanol–water partition coefficient (Wildman–Crippen LogP) is 9.45. The Bertz CT molecular complexity index is 2710. The third-order valence-corrected chi connectivity index (χ3v) is 16.9. The number of aromatic nitrogens is 4. The molecule has 2 aliphatic carbocycles. The second kappa shape index (κ2) is 16.6. The zero-order valence-corrected chi connectivity index (χ0v) is 40.2. The van der Waals surface area contributed by atoms with Gasteiger partial charge in [0.05, 0.1) is 49.6 Å². The first-order chi connectivity index (χ1) is 31.1. The Balaban J connectivity index is 0.908. The molecule has 66 heavy (non-hydrogen) atoms. The lowest BCUT2D eigenvalue weighted by molar-refractivity contribution is -0.138. The number of halogens is 2. The van der Waals surface area contributed by atoms with Gasteiger partial charge in [0, 0.05) is 24.4 Å². The summed E-state index contributed by atoms with van der Waals surface area (Å²) in [6, 6.07) is 16.1. The number of ether oxygens (including phenoxy) is 1. The Hall–Kier alpha value is -5.64. The van der Waals surface area contributed by atoms with Crippen LogP contribution in [-0.2, 0) is 19.1 Å². The first-order valence-corrected chi connectivity index (χ1v) is 26.9. The maximum Gasteiger partial charge on any atom is 0.408 e. The van der Waals surface area contributed by atoms with Crippen molar-refractivity contribution in [3.63, 3.8) is 0 Å². The molecular weight excluding hydrogens is 859 g/mol. The van der Waals surface area contributed by atoms with Crippen molar-refractivity contribution in [2.75, 3.05) is 12.7 Å². The molecule has 350 valence electrons. The third kappa shape index (κ3) is 9.34. The minimum atomic E-state index is -3.14. The van der Waals surface area contributed by atoms with Gasteiger partial charge in [-0.1, -0.05) is 90.2 Å². The van der Waals surface area contributed by atoms with Crippen LogP contribution in [0.4, 0.5) is 13.6 Å². The van der Waals surface area contributed by atoms with E-state index in [2.05, 4.69) is 58.8 Å². The molecule has 4 aliphatic rings. The fourth-order valence-corrected chi connectivity index (χ4v) is 12.6. The molecule has 0 bridgehead atoms. The number of likely N-dealkylation sites (tertiary alicyclic amines) is 1. The summed E-state index contributed by atoms with van der Waals surface area (Å²) >= 11 is 0. The summed E-state index contributed by atoms with van der Waals surface area (Å²) in [4.78, 5) is 73.4. The predicted molar refractivity (Wildman–Crippen MR) is 252 cm³/mol. The van der Waals surface area contributed by atoms with E-state index in [0.29, 0.717) is 23.6 Å². The minimum Gasteiger partial charge on any atom is -0.443 e. The van der Waals surface area contributed by atoms with Gasteiger partial charge in [0.15, 0.2) is 0 Å². The zero-order chi connectivity index (χ0) is 47.1. The number of alkyl carbamates (subject to hydrolysis) is 1. The van der Waals surface area contributed by atoms with Crippen molar-refractivity contribution >= 4 is 53.7 Å². The van der Waals surface area contributed by atoms with E-state index >= 15 is 8.78 Å². The molecule has 13 nitrogen and oxygen atoms in total. The summed E-state index contributed by atoms with van der Waals surface area (Å²) in [5.74, 6) is -3.26. The van der Waals surface area contributed by atoms with Gasteiger partial charge >= 0.3 is 6.09 Å². The summed E-state index contributed by atoms with van der Waals surface area (Å²) < 4.78 is 35.8. The van der Waals surface area contributed by atoms with Gasteiger partial charge in [-0.15, -0.1) is 0 Å². The van der Waals surface area contributed by atoms with Crippen LogP contribution in [0.1, 0.15) is 104 Å². The highest BCUT2D eigenvalue weighted by atomic mass is 28.3. The Morgan fingerprint density at radius 3 is 2.14 bits per heavy atom. The van der Waals surface area contributed by atoms with E-state index in [1.165, 1.54) is 0 Å². The molecule has 4 fully saturated rings. The van der Waals surface area contributed by atoms with Crippen molar-refractivity contribution in [1.29, 1.82) is 0 Å². The fraction of sp³-hybridized carbons (Fsp3) is 0.520. The van der Waals surface area contributed by atoms with Gasteiger partial charge in [-0.05, 0) is 90.1 Å². The zero-order valence-electron chi connectivity index (χ0n) is 39.2. The number of hydrogen-bond donors (Lipinski definition) is 4. The van der Waals surface area contributed by atoms with E-state index < -0.39 is 62.7 Å². The maximum atomic E-state index is 15.2. The highest BCUT2D eigenvalue weighted by molar-refractivity contribution is 6.78. The van der Waals surface area contributed by atoms with Crippen LogP contribution in [0, 0.1) is 17.3 Å². The molecule has 4 heterocycles. The minimum absolute atomic E-state index is 0.0435. The van der Waals surface area contributed by atoms with Crippen molar-refractivity contribution < 1.29 is 32.7 Å². The van der Waals surface area contributed by atoms with E-state index in [1.54, 1.807) is 13.8 Å². The number of rotatable bonds is 13. The van der Waals surface area contributed by atoms with Crippen LogP contribution in [0.2, 0.25) is 19.1 Å². The molecule has 2 saturated carbocycles. The molecule has 4 N–H and O–H groups in total. The maximum absolute atomic E-state index is 15.2. The van der Waals surface area contributed by atoms with Gasteiger partial charge in [0.2, 0.25) is 17.7 Å². The number of imidazole rings is 2. The van der Waals surface area contributed by atoms with Crippen LogP contribution < -0.4 is 10.6 Å². The van der Waals surface area contributed by atoms with Crippen LogP contribution in [-0.4, -0.2) is 97.9 Å². The Kier molecular flexibility index (Phi) is 11.4. The standard InChI is InChI=1S/C50H62F2N8O5Si/c1-28(2)40(56-39(61)23-48(5)17-18-48)46(63)60-27-66(7,8)25-38(60)43-53-24-36(55-43)31-11-9-30(10-12-31)32-13-15-34-33(21-32)14-16-35-42(34)57-44(54-35)37-22-50(51,52)26-59(37)45(62)41(29(3)4)58-47(64)65-49(6)19-20-49/h9-16,21,24,28-29,37-38,40-41H,17-20,22-23,25-27H2,1-8H3,(H,53,55)(H,54,57)(H,56,61)(H,58,64)/t37-,38-,40-,41-/m0/s1. The molecule has 5 aromatic rings. The van der Waals surface area contributed by atoms with Crippen molar-refractivity contribution in [1.82, 2.24) is 40.4 Å². The summed E-state index contributed by atoms with van der Waals surface area (Å²) in [5.41, 5.74) is 4.55. The highest BCUT2D eigenvalue weighted by Gasteiger charge is 2.51. The molecule has 3 aromatic carbocycles. The Labute approximate surface area is 385 Å². The number of nitrogens with zero attached hydrogens (tertiary/aromatic N) is 4. The molecule has 16 heteroatoms. The van der Waals surface area contributed by atoms with E-state index in [1.807, 2.05) is 68.3 Å². The largest absolute Gasteiger partial charge is 0.443 e. The molecule has 0 spiro atoms. The third-order valence-electron chi connectivity index (χ3n) is 14.2. The first kappa shape index (κ1) is 45.5. The number of alkyl halides is 2. The van der Waals surface area contributed by atoms with Gasteiger partial charge in [0.25, 0.3) is 5.92 Å². The molecule has 4 amide bonds. The number of H-pyrrole nitrogens is 2. The molecule has 2 aliphatic heterocycles. The average Bonchev–Trinajstić information content (AvgIpc) is 3.82. The highest BCUT2D eigenvalue weighted by Crippen LogP contribution is 2.48. The smallest absolute Gasteiger partial charge is 0.408 e. The van der Waals surface area contributed by atoms with Gasteiger partial charge in [-0.2, -0.15) is 0 Å². The molecular formula is C50H62F2N8O5Si. The second-order valence-electron chi connectivity index (χ2n) is 21.7. The van der Waals surface area contributed by atoms with E-state index in [9.17, 15) is 19.2 Å². The van der Waals surface area contributed by atoms with Gasteiger partial charge in [-0.3, -0.25) is 14.4 Å². The summed E-state index contributed by atoms with van der Waals surface area (Å²) in [7, 11) is -1.77. The van der Waals surface area contributed by atoms with Crippen LogP contribution in [0.25, 0.3) is 44.2 Å². The van der Waals surface area contributed by atoms with E-state index in [-0.39, 0.29) is 40.9 Å². The van der Waals surface area contributed by atoms with Crippen LogP contribution in [0.5, 0.6) is 0 Å². The number of aromatic amines is 2. The van der Waals surface area contributed by atoms with Gasteiger partial charge in [0.1, 0.15) is 29.3 Å². The number of benzene rings is 3. The van der Waals surface area contributed by atoms with Crippen LogP contribution in [0.15, 0.2) is 60.8 Å². The molecule has 9 rings (SSSR count). The van der Waals surface area contributed by atoms with Crippen LogP contribution in [0.3, 0.4) is 0 Å². The number of carbonyl (C=O) groups is 4. The topological polar surface area (TPSA) is 165 Å². The molecule has 2 aromatic heterocycles. The quantitative estimate of drug-likeness (QED) is 0.0855. The molecule has 2 saturated heterocycles. The Morgan fingerprint density at radius 2 is 1.47 bits per heavy atom. The lowest BCUT2D eigenvalue weighted by Gasteiger charge is -2.31. The average molecular weight is 921 g/mol. The van der Waals surface area contributed by atoms with Crippen molar-refractivity contribution in [3.8, 4) is 22.4 Å². The van der Waals surface area contributed by atoms with Crippen molar-refractivity contribution in [3.05, 3.63) is 72.4 Å². The number of fused-ring (bicyclic) bond motifs is 3. The summed E-state index contributed by atoms with van der Waals surface area (Å²) in [6.45, 7) is 15.2. The number of amides is 4. The first-order valence-electron chi connectivity index (χ1n) is 23.4. The molecule has 0 radical (unpaired) electrons. The normalized spacial score (nSPS) is 22.2. The number of hydrogen-bond acceptors (Lipinski definition) is 7. The summed E-state index contributed by atoms with van der Waals surface area (Å²) in [6.07, 6.45) is 5.21. The summed E-state index contributed by atoms with van der Waals surface area (Å²) in [5, 5.41) is 7.49. The number of carbonyl (C=O) groups excluding carboxylic acids is 4. The van der Waals surface area contributed by atoms with Gasteiger partial charge < -0.3 is 35.1 Å². The lowest BCUT2D eigenvalue weighted by atomic mass is 9.99. The fourth-order valence-electron chi connectivity index (χ4n) is 9.74. The number of nitrogens with one attached hydrogen (secondary N) is 4. The van der Waals surface area contributed by atoms with Gasteiger partial charge in [-0.25, -0.2) is 23.5 Å². The lowest BCUT2D eigenvalue weighted by Crippen LogP contribution is -2.52. The monoisotopic (exact) mass is 920 g/mol. The molecule has 4 atom stereocenters. The SMILES string of the molecule is CC(C)[C@H](NC(=O)CC1(C)CC1)C(=O)N1C[Si](C)(C)C[C@H]1c1ncc(-c2ccc(-c3ccc4c(ccc5[nH]c([C@@H]6CC(F)(F)CN6C(=O)[C@@H](NC(=O)OC6(C)CC6)C(C)C)nc54)c3)cc2)[nH]1. The van der Waals surface area contributed by atoms with Crippen molar-refractivity contribution in [2.45, 2.75) is 135 Å². The van der Waals surface area contributed by atoms with E-state index in [0.717, 1.165) is 75.6 Å². The van der Waals surface area contributed by atoms with E-state index in [4.69, 9.17) is 14.7 Å². The second-order valence-corrected chi connectivity index (χ2v) is 26.7. The Morgan fingerprint density at radius 1 is 0.818 bits per heavy atom. The van der Waals surface area contributed by atoms with Crippen molar-refractivity contribution in [2.24, 2.45) is 17.3 Å². The van der Waals surface area contributed by atoms with Crippen LogP contribution >= 0.6 is 0 Å².